The van der Waals surface area contributed by atoms with Crippen LogP contribution in [0.3, 0.4) is 0 Å². The molecule has 0 amide bonds. The second-order valence-electron chi connectivity index (χ2n) is 3.23. The van der Waals surface area contributed by atoms with E-state index in [1.165, 1.54) is 13.0 Å². The number of ketones is 1. The van der Waals surface area contributed by atoms with Crippen LogP contribution in [0.2, 0.25) is 0 Å². The highest BCUT2D eigenvalue weighted by molar-refractivity contribution is 5.75. The van der Waals surface area contributed by atoms with Crippen molar-refractivity contribution < 1.29 is 18.3 Å². The molecule has 15 heavy (non-hydrogen) atoms. The summed E-state index contributed by atoms with van der Waals surface area (Å²) in [7, 11) is 0. The molecule has 0 N–H and O–H groups in total. The molecule has 1 aromatic carbocycles. The van der Waals surface area contributed by atoms with Crippen molar-refractivity contribution in [2.24, 2.45) is 0 Å². The van der Waals surface area contributed by atoms with Crippen molar-refractivity contribution >= 4 is 5.78 Å². The summed E-state index contributed by atoms with van der Waals surface area (Å²) >= 11 is 0. The zero-order valence-electron chi connectivity index (χ0n) is 8.43. The molecular weight excluding hydrogens is 202 g/mol. The molecule has 0 saturated heterocycles. The van der Waals surface area contributed by atoms with E-state index in [1.807, 2.05) is 0 Å². The quantitative estimate of drug-likeness (QED) is 0.704. The van der Waals surface area contributed by atoms with Crippen molar-refractivity contribution in [1.82, 2.24) is 0 Å². The van der Waals surface area contributed by atoms with Crippen LogP contribution in [0, 0.1) is 11.6 Å². The standard InChI is InChI=1S/C11H12F2O2/c1-8(14)3-2-6-15-11-5-4-9(12)7-10(11)13/h4-5,7H,2-3,6H2,1H3. The molecule has 0 atom stereocenters. The minimum atomic E-state index is -0.724. The number of hydrogen-bond donors (Lipinski definition) is 0. The summed E-state index contributed by atoms with van der Waals surface area (Å²) in [6.07, 6.45) is 0.939. The van der Waals surface area contributed by atoms with Gasteiger partial charge in [0.05, 0.1) is 6.61 Å². The largest absolute Gasteiger partial charge is 0.491 e. The first-order chi connectivity index (χ1) is 7.09. The predicted octanol–water partition coefficient (Wildman–Crippen LogP) is 2.71. The molecule has 0 spiro atoms. The van der Waals surface area contributed by atoms with Gasteiger partial charge in [-0.05, 0) is 25.5 Å². The summed E-state index contributed by atoms with van der Waals surface area (Å²) in [4.78, 5) is 10.6. The second kappa shape index (κ2) is 5.44. The highest BCUT2D eigenvalue weighted by Gasteiger charge is 2.04. The Hall–Kier alpha value is -1.45. The van der Waals surface area contributed by atoms with E-state index in [0.717, 1.165) is 12.1 Å². The molecule has 0 saturated carbocycles. The molecule has 0 aliphatic rings. The third-order valence-corrected chi connectivity index (χ3v) is 1.82. The average molecular weight is 214 g/mol. The Morgan fingerprint density at radius 1 is 1.40 bits per heavy atom. The van der Waals surface area contributed by atoms with Crippen molar-refractivity contribution in [2.75, 3.05) is 6.61 Å². The summed E-state index contributed by atoms with van der Waals surface area (Å²) in [5.74, 6) is -1.28. The van der Waals surface area contributed by atoms with Crippen LogP contribution >= 0.6 is 0 Å². The summed E-state index contributed by atoms with van der Waals surface area (Å²) in [5, 5.41) is 0. The lowest BCUT2D eigenvalue weighted by Gasteiger charge is -2.05. The first kappa shape index (κ1) is 11.6. The van der Waals surface area contributed by atoms with Gasteiger partial charge in [-0.1, -0.05) is 0 Å². The third kappa shape index (κ3) is 4.06. The van der Waals surface area contributed by atoms with Gasteiger partial charge in [-0.15, -0.1) is 0 Å². The van der Waals surface area contributed by atoms with Gasteiger partial charge in [0.2, 0.25) is 0 Å². The predicted molar refractivity (Wildman–Crippen MR) is 51.8 cm³/mol. The van der Waals surface area contributed by atoms with E-state index < -0.39 is 11.6 Å². The monoisotopic (exact) mass is 214 g/mol. The molecule has 0 fully saturated rings. The number of Topliss-reactive ketones (excluding diaryl/α,β-unsaturated/α-hetero) is 1. The third-order valence-electron chi connectivity index (χ3n) is 1.82. The van der Waals surface area contributed by atoms with Crippen molar-refractivity contribution in [3.05, 3.63) is 29.8 Å². The van der Waals surface area contributed by atoms with Crippen LogP contribution in [0.5, 0.6) is 5.75 Å². The molecule has 2 nitrogen and oxygen atoms in total. The maximum atomic E-state index is 13.0. The van der Waals surface area contributed by atoms with E-state index in [-0.39, 0.29) is 18.1 Å². The van der Waals surface area contributed by atoms with Gasteiger partial charge in [-0.3, -0.25) is 0 Å². The fourth-order valence-electron chi connectivity index (χ4n) is 1.10. The summed E-state index contributed by atoms with van der Waals surface area (Å²) in [6.45, 7) is 1.74. The van der Waals surface area contributed by atoms with Crippen molar-refractivity contribution in [3.63, 3.8) is 0 Å². The first-order valence-corrected chi connectivity index (χ1v) is 4.67. The molecule has 0 heterocycles. The SMILES string of the molecule is CC(=O)CCCOc1ccc(F)cc1F. The molecule has 0 aliphatic heterocycles. The van der Waals surface area contributed by atoms with E-state index in [2.05, 4.69) is 0 Å². The maximum Gasteiger partial charge on any atom is 0.167 e. The van der Waals surface area contributed by atoms with Crippen molar-refractivity contribution in [2.45, 2.75) is 19.8 Å². The molecular formula is C11H12F2O2. The van der Waals surface area contributed by atoms with Gasteiger partial charge >= 0.3 is 0 Å². The van der Waals surface area contributed by atoms with Gasteiger partial charge in [-0.2, -0.15) is 0 Å². The lowest BCUT2D eigenvalue weighted by atomic mass is 10.2. The second-order valence-corrected chi connectivity index (χ2v) is 3.23. The van der Waals surface area contributed by atoms with Crippen molar-refractivity contribution in [3.8, 4) is 5.75 Å². The fourth-order valence-corrected chi connectivity index (χ4v) is 1.10. The molecule has 0 bridgehead atoms. The Morgan fingerprint density at radius 3 is 2.73 bits per heavy atom. The van der Waals surface area contributed by atoms with Gasteiger partial charge in [0, 0.05) is 12.5 Å². The Labute approximate surface area is 86.9 Å². The van der Waals surface area contributed by atoms with Crippen molar-refractivity contribution in [1.29, 1.82) is 0 Å². The smallest absolute Gasteiger partial charge is 0.167 e. The fraction of sp³-hybridized carbons (Fsp3) is 0.364. The topological polar surface area (TPSA) is 26.3 Å². The van der Waals surface area contributed by atoms with Crippen LogP contribution in [0.25, 0.3) is 0 Å². The van der Waals surface area contributed by atoms with E-state index in [1.54, 1.807) is 0 Å². The Kier molecular flexibility index (Phi) is 4.21. The number of rotatable bonds is 5. The van der Waals surface area contributed by atoms with Crippen LogP contribution < -0.4 is 4.74 Å². The number of carbonyl (C=O) groups is 1. The summed E-state index contributed by atoms with van der Waals surface area (Å²) < 4.78 is 30.6. The van der Waals surface area contributed by atoms with Gasteiger partial charge in [0.15, 0.2) is 11.6 Å². The van der Waals surface area contributed by atoms with E-state index in [9.17, 15) is 13.6 Å². The normalized spacial score (nSPS) is 10.1. The van der Waals surface area contributed by atoms with Crippen LogP contribution in [0.15, 0.2) is 18.2 Å². The Balaban J connectivity index is 2.40. The lowest BCUT2D eigenvalue weighted by Crippen LogP contribution is -2.01. The average Bonchev–Trinajstić information content (AvgIpc) is 2.14. The van der Waals surface area contributed by atoms with Gasteiger partial charge in [0.25, 0.3) is 0 Å². The van der Waals surface area contributed by atoms with E-state index in [4.69, 9.17) is 4.74 Å². The highest BCUT2D eigenvalue weighted by atomic mass is 19.1. The molecule has 0 aliphatic carbocycles. The number of hydrogen-bond acceptors (Lipinski definition) is 2. The maximum absolute atomic E-state index is 13.0. The number of carbonyl (C=O) groups excluding carboxylic acids is 1. The van der Waals surface area contributed by atoms with Crippen LogP contribution in [0.4, 0.5) is 8.78 Å². The lowest BCUT2D eigenvalue weighted by molar-refractivity contribution is -0.117. The zero-order chi connectivity index (χ0) is 11.3. The van der Waals surface area contributed by atoms with Gasteiger partial charge < -0.3 is 9.53 Å². The molecule has 0 unspecified atom stereocenters. The molecule has 0 radical (unpaired) electrons. The summed E-state index contributed by atoms with van der Waals surface area (Å²) in [5.41, 5.74) is 0. The number of ether oxygens (including phenoxy) is 1. The Bertz CT molecular complexity index is 350. The first-order valence-electron chi connectivity index (χ1n) is 4.67. The molecule has 0 aromatic heterocycles. The summed E-state index contributed by atoms with van der Waals surface area (Å²) in [6, 6.07) is 3.13. The zero-order valence-corrected chi connectivity index (χ0v) is 8.43. The minimum Gasteiger partial charge on any atom is -0.491 e. The van der Waals surface area contributed by atoms with Crippen LogP contribution in [-0.2, 0) is 4.79 Å². The Morgan fingerprint density at radius 2 is 2.13 bits per heavy atom. The highest BCUT2D eigenvalue weighted by Crippen LogP contribution is 2.17. The molecule has 4 heteroatoms. The molecule has 1 rings (SSSR count). The minimum absolute atomic E-state index is 0.0138. The van der Waals surface area contributed by atoms with Crippen LogP contribution in [-0.4, -0.2) is 12.4 Å². The van der Waals surface area contributed by atoms with E-state index >= 15 is 0 Å². The number of halogens is 2. The molecule has 1 aromatic rings. The molecule has 82 valence electrons. The van der Waals surface area contributed by atoms with Crippen LogP contribution in [0.1, 0.15) is 19.8 Å². The van der Waals surface area contributed by atoms with Gasteiger partial charge in [-0.25, -0.2) is 8.78 Å². The van der Waals surface area contributed by atoms with Gasteiger partial charge in [0.1, 0.15) is 11.6 Å². The number of benzene rings is 1. The van der Waals surface area contributed by atoms with E-state index in [0.29, 0.717) is 12.8 Å².